The maximum absolute atomic E-state index is 13.1. The van der Waals surface area contributed by atoms with Crippen molar-refractivity contribution in [2.45, 2.75) is 18.9 Å². The predicted octanol–water partition coefficient (Wildman–Crippen LogP) is 2.02. The molecule has 3 saturated heterocycles. The lowest BCUT2D eigenvalue weighted by Crippen LogP contribution is -2.70. The van der Waals surface area contributed by atoms with Gasteiger partial charge in [0.25, 0.3) is 0 Å². The Morgan fingerprint density at radius 2 is 1.43 bits per heavy atom. The standard InChI is InChI=1S/C22H24N2O4/c1-27-16-7-3-14(4-8-16)11-18-19-13-23-24(22(18)26)20(21(19)25)12-15-5-9-17(28-2)10-6-15/h3-10,18-20,23H,11-13H2,1-2H3. The van der Waals surface area contributed by atoms with Gasteiger partial charge >= 0.3 is 0 Å². The van der Waals surface area contributed by atoms with E-state index in [1.165, 1.54) is 0 Å². The summed E-state index contributed by atoms with van der Waals surface area (Å²) in [4.78, 5) is 26.1. The molecule has 0 radical (unpaired) electrons. The van der Waals surface area contributed by atoms with E-state index in [9.17, 15) is 9.59 Å². The van der Waals surface area contributed by atoms with Crippen molar-refractivity contribution in [2.75, 3.05) is 20.8 Å². The molecule has 3 atom stereocenters. The second-order valence-corrected chi connectivity index (χ2v) is 7.31. The van der Waals surface area contributed by atoms with Crippen molar-refractivity contribution in [3.8, 4) is 11.5 Å². The number of hydrogen-bond donors (Lipinski definition) is 1. The van der Waals surface area contributed by atoms with Crippen LogP contribution < -0.4 is 14.9 Å². The van der Waals surface area contributed by atoms with Gasteiger partial charge in [-0.25, -0.2) is 5.43 Å². The molecule has 146 valence electrons. The Bertz CT molecular complexity index is 790. The number of methoxy groups -OCH3 is 2. The monoisotopic (exact) mass is 380 g/mol. The highest BCUT2D eigenvalue weighted by Gasteiger charge is 2.51. The van der Waals surface area contributed by atoms with Crippen molar-refractivity contribution in [1.82, 2.24) is 10.4 Å². The number of nitrogens with zero attached hydrogens (tertiary/aromatic N) is 1. The highest BCUT2D eigenvalue weighted by atomic mass is 16.5. The minimum Gasteiger partial charge on any atom is -0.497 e. The van der Waals surface area contributed by atoms with Crippen molar-refractivity contribution in [3.63, 3.8) is 0 Å². The van der Waals surface area contributed by atoms with Crippen molar-refractivity contribution >= 4 is 11.7 Å². The fourth-order valence-electron chi connectivity index (χ4n) is 4.13. The molecule has 3 aliphatic heterocycles. The van der Waals surface area contributed by atoms with Crippen LogP contribution in [0.1, 0.15) is 11.1 Å². The van der Waals surface area contributed by atoms with E-state index in [1.807, 2.05) is 48.5 Å². The van der Waals surface area contributed by atoms with Crippen LogP contribution in [0.15, 0.2) is 48.5 Å². The van der Waals surface area contributed by atoms with Gasteiger partial charge in [0, 0.05) is 18.9 Å². The SMILES string of the molecule is COc1ccc(CC2C(=O)N3NCC2C(=O)C3Cc2ccc(OC)cc2)cc1. The molecule has 3 aliphatic rings. The minimum absolute atomic E-state index is 0.00480. The zero-order valence-electron chi connectivity index (χ0n) is 16.1. The van der Waals surface area contributed by atoms with Crippen LogP contribution >= 0.6 is 0 Å². The zero-order chi connectivity index (χ0) is 19.7. The van der Waals surface area contributed by atoms with Crippen LogP contribution in [0, 0.1) is 11.8 Å². The maximum Gasteiger partial charge on any atom is 0.241 e. The topological polar surface area (TPSA) is 67.9 Å². The number of ether oxygens (including phenoxy) is 2. The Labute approximate surface area is 164 Å². The van der Waals surface area contributed by atoms with Gasteiger partial charge in [0.1, 0.15) is 17.5 Å². The maximum atomic E-state index is 13.1. The van der Waals surface area contributed by atoms with E-state index in [0.29, 0.717) is 19.4 Å². The third-order valence-electron chi connectivity index (χ3n) is 5.73. The number of amides is 1. The fourth-order valence-corrected chi connectivity index (χ4v) is 4.13. The van der Waals surface area contributed by atoms with Gasteiger partial charge in [-0.3, -0.25) is 14.6 Å². The number of rotatable bonds is 6. The molecular formula is C22H24N2O4. The van der Waals surface area contributed by atoms with Crippen LogP contribution in [-0.4, -0.2) is 43.5 Å². The lowest BCUT2D eigenvalue weighted by molar-refractivity contribution is -0.167. The third-order valence-corrected chi connectivity index (χ3v) is 5.73. The number of nitrogens with one attached hydrogen (secondary N) is 1. The zero-order valence-corrected chi connectivity index (χ0v) is 16.1. The van der Waals surface area contributed by atoms with E-state index in [-0.39, 0.29) is 23.5 Å². The van der Waals surface area contributed by atoms with Crippen LogP contribution in [0.3, 0.4) is 0 Å². The summed E-state index contributed by atoms with van der Waals surface area (Å²) in [6.07, 6.45) is 1.07. The Hall–Kier alpha value is -2.86. The molecule has 3 unspecified atom stereocenters. The van der Waals surface area contributed by atoms with Crippen LogP contribution in [0.2, 0.25) is 0 Å². The van der Waals surface area contributed by atoms with E-state index in [2.05, 4.69) is 5.43 Å². The van der Waals surface area contributed by atoms with E-state index in [0.717, 1.165) is 22.6 Å². The van der Waals surface area contributed by atoms with Crippen LogP contribution in [0.25, 0.3) is 0 Å². The summed E-state index contributed by atoms with van der Waals surface area (Å²) >= 11 is 0. The largest absolute Gasteiger partial charge is 0.497 e. The molecule has 3 heterocycles. The molecular weight excluding hydrogens is 356 g/mol. The predicted molar refractivity (Wildman–Crippen MR) is 104 cm³/mol. The molecule has 28 heavy (non-hydrogen) atoms. The van der Waals surface area contributed by atoms with Gasteiger partial charge in [-0.15, -0.1) is 0 Å². The Kier molecular flexibility index (Phi) is 5.05. The lowest BCUT2D eigenvalue weighted by Gasteiger charge is -2.48. The number of benzene rings is 2. The summed E-state index contributed by atoms with van der Waals surface area (Å²) in [5, 5.41) is 1.56. The van der Waals surface area contributed by atoms with Gasteiger partial charge in [0.15, 0.2) is 5.78 Å². The van der Waals surface area contributed by atoms with Gasteiger partial charge in [-0.1, -0.05) is 24.3 Å². The first kappa shape index (κ1) is 18.5. The van der Waals surface area contributed by atoms with Crippen molar-refractivity contribution in [2.24, 2.45) is 11.8 Å². The molecule has 5 rings (SSSR count). The molecule has 3 fully saturated rings. The van der Waals surface area contributed by atoms with Gasteiger partial charge in [-0.05, 0) is 41.8 Å². The fraction of sp³-hybridized carbons (Fsp3) is 0.364. The third kappa shape index (κ3) is 3.36. The van der Waals surface area contributed by atoms with Gasteiger partial charge in [0.05, 0.1) is 20.1 Å². The Morgan fingerprint density at radius 1 is 0.893 bits per heavy atom. The summed E-state index contributed by atoms with van der Waals surface area (Å²) < 4.78 is 10.4. The van der Waals surface area contributed by atoms with Crippen molar-refractivity contribution in [3.05, 3.63) is 59.7 Å². The molecule has 6 nitrogen and oxygen atoms in total. The number of fused-ring (bicyclic) bond motifs is 3. The van der Waals surface area contributed by atoms with E-state index < -0.39 is 6.04 Å². The first-order chi connectivity index (χ1) is 13.6. The molecule has 2 bridgehead atoms. The highest BCUT2D eigenvalue weighted by molar-refractivity contribution is 5.99. The summed E-state index contributed by atoms with van der Waals surface area (Å²) in [7, 11) is 3.25. The average molecular weight is 380 g/mol. The first-order valence-electron chi connectivity index (χ1n) is 9.47. The Morgan fingerprint density at radius 3 is 1.96 bits per heavy atom. The highest BCUT2D eigenvalue weighted by Crippen LogP contribution is 2.33. The molecule has 6 heteroatoms. The number of Topliss-reactive ketones (excluding diaryl/α,β-unsaturated/α-hetero) is 1. The van der Waals surface area contributed by atoms with E-state index >= 15 is 0 Å². The second kappa shape index (κ2) is 7.64. The number of hydrazine groups is 1. The Balaban J connectivity index is 1.49. The first-order valence-corrected chi connectivity index (χ1v) is 9.47. The second-order valence-electron chi connectivity index (χ2n) is 7.31. The molecule has 0 aliphatic carbocycles. The number of carbonyl (C=O) groups excluding carboxylic acids is 2. The van der Waals surface area contributed by atoms with Gasteiger partial charge in [-0.2, -0.15) is 0 Å². The lowest BCUT2D eigenvalue weighted by atomic mass is 9.74. The van der Waals surface area contributed by atoms with Crippen molar-refractivity contribution in [1.29, 1.82) is 0 Å². The molecule has 0 saturated carbocycles. The van der Waals surface area contributed by atoms with Crippen LogP contribution in [0.4, 0.5) is 0 Å². The normalized spacial score (nSPS) is 23.8. The van der Waals surface area contributed by atoms with Crippen LogP contribution in [0.5, 0.6) is 11.5 Å². The number of piperidine rings is 1. The summed E-state index contributed by atoms with van der Waals surface area (Å²) in [6.45, 7) is 0.518. The summed E-state index contributed by atoms with van der Waals surface area (Å²) in [5.41, 5.74) is 5.19. The average Bonchev–Trinajstić information content (AvgIpc) is 2.73. The molecule has 0 aromatic heterocycles. The molecule has 1 N–H and O–H groups in total. The number of carbonyl (C=O) groups is 2. The summed E-state index contributed by atoms with van der Waals surface area (Å²) in [5.74, 6) is 1.10. The van der Waals surface area contributed by atoms with Crippen LogP contribution in [-0.2, 0) is 22.4 Å². The van der Waals surface area contributed by atoms with Crippen molar-refractivity contribution < 1.29 is 19.1 Å². The minimum atomic E-state index is -0.452. The molecule has 2 aromatic carbocycles. The van der Waals surface area contributed by atoms with E-state index in [1.54, 1.807) is 19.2 Å². The van der Waals surface area contributed by atoms with Gasteiger partial charge in [0.2, 0.25) is 5.91 Å². The van der Waals surface area contributed by atoms with Gasteiger partial charge < -0.3 is 9.47 Å². The summed E-state index contributed by atoms with van der Waals surface area (Å²) in [6, 6.07) is 14.8. The molecule has 2 aromatic rings. The quantitative estimate of drug-likeness (QED) is 0.831. The number of hydrogen-bond acceptors (Lipinski definition) is 5. The number of ketones is 1. The van der Waals surface area contributed by atoms with E-state index in [4.69, 9.17) is 9.47 Å². The smallest absolute Gasteiger partial charge is 0.241 e. The molecule has 0 spiro atoms. The molecule has 1 amide bonds.